The van der Waals surface area contributed by atoms with Crippen LogP contribution < -0.4 is 0 Å². The molecule has 2 rings (SSSR count). The van der Waals surface area contributed by atoms with Gasteiger partial charge in [0.25, 0.3) is 5.91 Å². The summed E-state index contributed by atoms with van der Waals surface area (Å²) in [5.74, 6) is 0.138. The van der Waals surface area contributed by atoms with E-state index >= 15 is 0 Å². The van der Waals surface area contributed by atoms with Crippen LogP contribution in [0.5, 0.6) is 0 Å². The molecule has 0 aromatic heterocycles. The van der Waals surface area contributed by atoms with E-state index in [1.807, 2.05) is 23.1 Å². The van der Waals surface area contributed by atoms with Crippen molar-refractivity contribution in [3.63, 3.8) is 0 Å². The Bertz CT molecular complexity index is 367. The number of amides is 1. The van der Waals surface area contributed by atoms with E-state index in [0.717, 1.165) is 31.5 Å². The van der Waals surface area contributed by atoms with Gasteiger partial charge in [-0.3, -0.25) is 4.79 Å². The Morgan fingerprint density at radius 1 is 1.41 bits per heavy atom. The third-order valence-corrected chi connectivity index (χ3v) is 3.44. The van der Waals surface area contributed by atoms with Crippen molar-refractivity contribution in [1.82, 2.24) is 9.80 Å². The van der Waals surface area contributed by atoms with Gasteiger partial charge in [0.1, 0.15) is 0 Å². The molecule has 3 nitrogen and oxygen atoms in total. The van der Waals surface area contributed by atoms with Crippen LogP contribution in [0.4, 0.5) is 0 Å². The molecule has 1 heterocycles. The first kappa shape index (κ1) is 12.1. The number of rotatable bonds is 2. The van der Waals surface area contributed by atoms with Gasteiger partial charge in [0, 0.05) is 24.7 Å². The first-order valence-corrected chi connectivity index (χ1v) is 6.10. The fourth-order valence-electron chi connectivity index (χ4n) is 2.29. The highest BCUT2D eigenvalue weighted by Crippen LogP contribution is 2.16. The van der Waals surface area contributed by atoms with Gasteiger partial charge in [0.2, 0.25) is 0 Å². The van der Waals surface area contributed by atoms with Crippen LogP contribution >= 0.6 is 0 Å². The third kappa shape index (κ3) is 2.86. The Morgan fingerprint density at radius 3 is 2.65 bits per heavy atom. The summed E-state index contributed by atoms with van der Waals surface area (Å²) in [6, 6.07) is 10.9. The largest absolute Gasteiger partial charge is 0.339 e. The summed E-state index contributed by atoms with van der Waals surface area (Å²) >= 11 is 0. The number of hydrogen-bond donors (Lipinski definition) is 0. The Kier molecular flexibility index (Phi) is 3.79. The van der Waals surface area contributed by atoms with E-state index in [2.05, 4.69) is 25.1 Å². The van der Waals surface area contributed by atoms with Crippen LogP contribution in [0, 0.1) is 6.07 Å². The lowest BCUT2D eigenvalue weighted by Crippen LogP contribution is -2.44. The predicted octanol–water partition coefficient (Wildman–Crippen LogP) is 1.65. The molecule has 3 heteroatoms. The lowest BCUT2D eigenvalue weighted by Gasteiger charge is -2.35. The number of likely N-dealkylation sites (tertiary alicyclic amines) is 1. The van der Waals surface area contributed by atoms with E-state index in [9.17, 15) is 4.79 Å². The average Bonchev–Trinajstić information content (AvgIpc) is 2.39. The van der Waals surface area contributed by atoms with E-state index in [-0.39, 0.29) is 5.91 Å². The predicted molar refractivity (Wildman–Crippen MR) is 67.9 cm³/mol. The quantitative estimate of drug-likeness (QED) is 0.772. The summed E-state index contributed by atoms with van der Waals surface area (Å²) in [7, 11) is 4.21. The molecule has 17 heavy (non-hydrogen) atoms. The second-order valence-corrected chi connectivity index (χ2v) is 4.78. The molecule has 1 aromatic carbocycles. The van der Waals surface area contributed by atoms with Crippen molar-refractivity contribution < 1.29 is 4.79 Å². The van der Waals surface area contributed by atoms with Crippen molar-refractivity contribution in [1.29, 1.82) is 0 Å². The number of carbonyl (C=O) groups is 1. The van der Waals surface area contributed by atoms with Gasteiger partial charge in [-0.25, -0.2) is 0 Å². The minimum Gasteiger partial charge on any atom is -0.339 e. The fraction of sp³-hybridized carbons (Fsp3) is 0.500. The van der Waals surface area contributed by atoms with Crippen molar-refractivity contribution >= 4 is 5.91 Å². The van der Waals surface area contributed by atoms with Crippen LogP contribution in [0.2, 0.25) is 0 Å². The molecule has 1 saturated heterocycles. The van der Waals surface area contributed by atoms with Gasteiger partial charge in [-0.1, -0.05) is 12.1 Å². The number of nitrogens with zero attached hydrogens (tertiary/aromatic N) is 2. The first-order chi connectivity index (χ1) is 8.18. The molecule has 0 saturated carbocycles. The lowest BCUT2D eigenvalue weighted by molar-refractivity contribution is 0.0663. The number of piperidine rings is 1. The number of hydrogen-bond acceptors (Lipinski definition) is 2. The molecule has 0 spiro atoms. The van der Waals surface area contributed by atoms with Crippen molar-refractivity contribution in [2.45, 2.75) is 18.9 Å². The second-order valence-electron chi connectivity index (χ2n) is 4.78. The van der Waals surface area contributed by atoms with Crippen LogP contribution in [-0.4, -0.2) is 48.9 Å². The minimum atomic E-state index is 0.138. The topological polar surface area (TPSA) is 23.6 Å². The number of carbonyl (C=O) groups excluding carboxylic acids is 1. The van der Waals surface area contributed by atoms with Gasteiger partial charge in [0.05, 0.1) is 0 Å². The molecule has 1 aliphatic rings. The maximum Gasteiger partial charge on any atom is 0.253 e. The summed E-state index contributed by atoms with van der Waals surface area (Å²) in [4.78, 5) is 16.4. The summed E-state index contributed by atoms with van der Waals surface area (Å²) < 4.78 is 0. The van der Waals surface area contributed by atoms with E-state index in [4.69, 9.17) is 0 Å². The maximum absolute atomic E-state index is 12.2. The highest BCUT2D eigenvalue weighted by molar-refractivity contribution is 5.94. The Labute approximate surface area is 103 Å². The zero-order valence-electron chi connectivity index (χ0n) is 10.5. The molecular weight excluding hydrogens is 212 g/mol. The van der Waals surface area contributed by atoms with Crippen molar-refractivity contribution in [2.75, 3.05) is 27.2 Å². The molecule has 1 amide bonds. The summed E-state index contributed by atoms with van der Waals surface area (Å²) in [5.41, 5.74) is 0.746. The van der Waals surface area contributed by atoms with E-state index in [1.165, 1.54) is 0 Å². The third-order valence-electron chi connectivity index (χ3n) is 3.44. The van der Waals surface area contributed by atoms with Gasteiger partial charge in [-0.15, -0.1) is 0 Å². The van der Waals surface area contributed by atoms with Gasteiger partial charge >= 0.3 is 0 Å². The van der Waals surface area contributed by atoms with E-state index in [1.54, 1.807) is 6.07 Å². The van der Waals surface area contributed by atoms with Crippen molar-refractivity contribution in [3.05, 3.63) is 35.9 Å². The summed E-state index contributed by atoms with van der Waals surface area (Å²) in [5, 5.41) is 0. The SMILES string of the molecule is CN(C)C1CCN(C(=O)c2c[c]ccc2)CC1. The van der Waals surface area contributed by atoms with Crippen LogP contribution in [0.25, 0.3) is 0 Å². The zero-order chi connectivity index (χ0) is 12.3. The summed E-state index contributed by atoms with van der Waals surface area (Å²) in [6.07, 6.45) is 2.13. The molecule has 0 atom stereocenters. The molecule has 0 N–H and O–H groups in total. The minimum absolute atomic E-state index is 0.138. The molecule has 0 unspecified atom stereocenters. The van der Waals surface area contributed by atoms with Gasteiger partial charge < -0.3 is 9.80 Å². The van der Waals surface area contributed by atoms with Crippen molar-refractivity contribution in [3.8, 4) is 0 Å². The van der Waals surface area contributed by atoms with E-state index in [0.29, 0.717) is 6.04 Å². The van der Waals surface area contributed by atoms with Gasteiger partial charge in [-0.2, -0.15) is 0 Å². The average molecular weight is 231 g/mol. The smallest absolute Gasteiger partial charge is 0.253 e. The standard InChI is InChI=1S/C14H19N2O/c1-15(2)13-8-10-16(11-9-13)14(17)12-6-4-3-5-7-12/h3-4,6-7,13H,8-11H2,1-2H3. The molecular formula is C14H19N2O. The first-order valence-electron chi connectivity index (χ1n) is 6.10. The normalized spacial score (nSPS) is 17.5. The number of benzene rings is 1. The Hall–Kier alpha value is -1.35. The van der Waals surface area contributed by atoms with Gasteiger partial charge in [0.15, 0.2) is 0 Å². The molecule has 1 aromatic rings. The van der Waals surface area contributed by atoms with Crippen LogP contribution in [0.15, 0.2) is 24.3 Å². The highest BCUT2D eigenvalue weighted by Gasteiger charge is 2.24. The van der Waals surface area contributed by atoms with Gasteiger partial charge in [-0.05, 0) is 45.1 Å². The van der Waals surface area contributed by atoms with Crippen LogP contribution in [-0.2, 0) is 0 Å². The molecule has 1 fully saturated rings. The van der Waals surface area contributed by atoms with Crippen LogP contribution in [0.1, 0.15) is 23.2 Å². The van der Waals surface area contributed by atoms with Crippen LogP contribution in [0.3, 0.4) is 0 Å². The lowest BCUT2D eigenvalue weighted by atomic mass is 10.0. The molecule has 91 valence electrons. The Balaban J connectivity index is 1.95. The Morgan fingerprint density at radius 2 is 2.12 bits per heavy atom. The zero-order valence-corrected chi connectivity index (χ0v) is 10.5. The molecule has 0 aliphatic carbocycles. The monoisotopic (exact) mass is 231 g/mol. The molecule has 0 bridgehead atoms. The second kappa shape index (κ2) is 5.32. The summed E-state index contributed by atoms with van der Waals surface area (Å²) in [6.45, 7) is 1.72. The molecule has 1 radical (unpaired) electrons. The fourth-order valence-corrected chi connectivity index (χ4v) is 2.29. The van der Waals surface area contributed by atoms with E-state index < -0.39 is 0 Å². The molecule has 1 aliphatic heterocycles. The van der Waals surface area contributed by atoms with Crippen molar-refractivity contribution in [2.24, 2.45) is 0 Å². The highest BCUT2D eigenvalue weighted by atomic mass is 16.2. The maximum atomic E-state index is 12.2.